The molecule has 0 aliphatic heterocycles. The third-order valence-corrected chi connectivity index (χ3v) is 1.14. The van der Waals surface area contributed by atoms with Crippen molar-refractivity contribution in [3.05, 3.63) is 24.3 Å². The van der Waals surface area contributed by atoms with Crippen molar-refractivity contribution < 1.29 is 4.39 Å². The second-order valence-electron chi connectivity index (χ2n) is 1.89. The summed E-state index contributed by atoms with van der Waals surface area (Å²) in [5, 5.41) is 2.86. The predicted octanol–water partition coefficient (Wildman–Crippen LogP) is 1.65. The molecule has 0 unspecified atom stereocenters. The van der Waals surface area contributed by atoms with Crippen LogP contribution < -0.4 is 5.32 Å². The fraction of sp³-hybridized carbons (Fsp3) is 0.286. The lowest BCUT2D eigenvalue weighted by Crippen LogP contribution is -1.98. The van der Waals surface area contributed by atoms with E-state index in [1.165, 1.54) is 6.20 Å². The van der Waals surface area contributed by atoms with Gasteiger partial charge in [0.25, 0.3) is 0 Å². The molecule has 0 aliphatic carbocycles. The molecule has 1 N–H and O–H groups in total. The van der Waals surface area contributed by atoms with E-state index in [9.17, 15) is 4.39 Å². The normalized spacial score (nSPS) is 9.40. The molecule has 0 radical (unpaired) electrons. The third kappa shape index (κ3) is 1.43. The Hall–Kier alpha value is -1.12. The van der Waals surface area contributed by atoms with E-state index in [1.807, 2.05) is 6.92 Å². The van der Waals surface area contributed by atoms with Crippen molar-refractivity contribution in [2.45, 2.75) is 6.92 Å². The highest BCUT2D eigenvalue weighted by atomic mass is 19.1. The lowest BCUT2D eigenvalue weighted by Gasteiger charge is -2.01. The molecule has 0 spiro atoms. The van der Waals surface area contributed by atoms with Crippen molar-refractivity contribution in [1.82, 2.24) is 4.98 Å². The monoisotopic (exact) mass is 140 g/mol. The highest BCUT2D eigenvalue weighted by Crippen LogP contribution is 2.09. The number of pyridine rings is 1. The van der Waals surface area contributed by atoms with E-state index in [-0.39, 0.29) is 5.82 Å². The van der Waals surface area contributed by atoms with E-state index >= 15 is 0 Å². The molecule has 0 fully saturated rings. The number of nitrogens with one attached hydrogen (secondary N) is 1. The van der Waals surface area contributed by atoms with Crippen LogP contribution in [0, 0.1) is 5.82 Å². The van der Waals surface area contributed by atoms with E-state index in [2.05, 4.69) is 10.3 Å². The van der Waals surface area contributed by atoms with Gasteiger partial charge in [-0.05, 0) is 13.0 Å². The van der Waals surface area contributed by atoms with Gasteiger partial charge in [0.2, 0.25) is 0 Å². The summed E-state index contributed by atoms with van der Waals surface area (Å²) in [7, 11) is 0. The topological polar surface area (TPSA) is 24.9 Å². The van der Waals surface area contributed by atoms with Gasteiger partial charge in [0.05, 0.1) is 11.9 Å². The number of anilines is 1. The molecule has 0 saturated carbocycles. The maximum Gasteiger partial charge on any atom is 0.164 e. The van der Waals surface area contributed by atoms with Crippen LogP contribution in [0.5, 0.6) is 0 Å². The average molecular weight is 140 g/mol. The Morgan fingerprint density at radius 2 is 2.50 bits per heavy atom. The first-order valence-corrected chi connectivity index (χ1v) is 3.18. The Kier molecular flexibility index (Phi) is 2.20. The van der Waals surface area contributed by atoms with Crippen LogP contribution in [0.2, 0.25) is 0 Å². The number of hydrogen-bond acceptors (Lipinski definition) is 2. The van der Waals surface area contributed by atoms with Crippen LogP contribution in [0.3, 0.4) is 0 Å². The van der Waals surface area contributed by atoms with Crippen LogP contribution in [-0.4, -0.2) is 11.5 Å². The minimum atomic E-state index is -0.302. The zero-order valence-electron chi connectivity index (χ0n) is 5.76. The lowest BCUT2D eigenvalue weighted by molar-refractivity contribution is 0.624. The van der Waals surface area contributed by atoms with Crippen LogP contribution >= 0.6 is 0 Å². The SMILES string of the molecule is CCNc1ccncc1F. The summed E-state index contributed by atoms with van der Waals surface area (Å²) < 4.78 is 12.7. The molecule has 0 saturated heterocycles. The fourth-order valence-electron chi connectivity index (χ4n) is 0.709. The minimum absolute atomic E-state index is 0.302. The Bertz CT molecular complexity index is 213. The molecule has 0 aromatic carbocycles. The molecule has 1 aromatic rings. The highest BCUT2D eigenvalue weighted by Gasteiger charge is 1.96. The smallest absolute Gasteiger partial charge is 0.164 e. The van der Waals surface area contributed by atoms with Gasteiger partial charge < -0.3 is 5.32 Å². The van der Waals surface area contributed by atoms with Crippen LogP contribution in [-0.2, 0) is 0 Å². The van der Waals surface area contributed by atoms with Crippen molar-refractivity contribution in [2.75, 3.05) is 11.9 Å². The molecule has 0 amide bonds. The van der Waals surface area contributed by atoms with Gasteiger partial charge in [-0.2, -0.15) is 0 Å². The van der Waals surface area contributed by atoms with Crippen molar-refractivity contribution in [1.29, 1.82) is 0 Å². The maximum atomic E-state index is 12.7. The standard InChI is InChI=1S/C7H9FN2/c1-2-10-7-3-4-9-5-6(7)8/h3-5H,2H2,1H3,(H,9,10). The van der Waals surface area contributed by atoms with Gasteiger partial charge in [0.15, 0.2) is 5.82 Å². The number of hydrogen-bond donors (Lipinski definition) is 1. The molecule has 1 aromatic heterocycles. The van der Waals surface area contributed by atoms with E-state index in [0.717, 1.165) is 6.54 Å². The Balaban J connectivity index is 2.81. The van der Waals surface area contributed by atoms with Crippen LogP contribution in [0.1, 0.15) is 6.92 Å². The molecular weight excluding hydrogens is 131 g/mol. The summed E-state index contributed by atoms with van der Waals surface area (Å²) in [6.45, 7) is 2.64. The van der Waals surface area contributed by atoms with E-state index in [0.29, 0.717) is 5.69 Å². The van der Waals surface area contributed by atoms with Gasteiger partial charge >= 0.3 is 0 Å². The summed E-state index contributed by atoms with van der Waals surface area (Å²) in [6, 6.07) is 1.61. The summed E-state index contributed by atoms with van der Waals surface area (Å²) in [5.41, 5.74) is 0.512. The van der Waals surface area contributed by atoms with Gasteiger partial charge in [-0.1, -0.05) is 0 Å². The molecule has 54 valence electrons. The van der Waals surface area contributed by atoms with Crippen LogP contribution in [0.15, 0.2) is 18.5 Å². The number of rotatable bonds is 2. The summed E-state index contributed by atoms with van der Waals surface area (Å²) in [4.78, 5) is 3.61. The van der Waals surface area contributed by atoms with Crippen molar-refractivity contribution >= 4 is 5.69 Å². The van der Waals surface area contributed by atoms with Gasteiger partial charge in [-0.15, -0.1) is 0 Å². The molecule has 0 aliphatic rings. The first kappa shape index (κ1) is 6.99. The van der Waals surface area contributed by atoms with E-state index < -0.39 is 0 Å². The Labute approximate surface area is 59.1 Å². The third-order valence-electron chi connectivity index (χ3n) is 1.14. The molecule has 3 heteroatoms. The predicted molar refractivity (Wildman–Crippen MR) is 38.4 cm³/mol. The zero-order valence-corrected chi connectivity index (χ0v) is 5.76. The van der Waals surface area contributed by atoms with Crippen LogP contribution in [0.25, 0.3) is 0 Å². The van der Waals surface area contributed by atoms with Gasteiger partial charge in [0, 0.05) is 12.7 Å². The maximum absolute atomic E-state index is 12.7. The quantitative estimate of drug-likeness (QED) is 0.675. The molecular formula is C7H9FN2. The molecule has 0 bridgehead atoms. The molecule has 0 atom stereocenters. The minimum Gasteiger partial charge on any atom is -0.383 e. The largest absolute Gasteiger partial charge is 0.383 e. The number of nitrogens with zero attached hydrogens (tertiary/aromatic N) is 1. The molecule has 1 heterocycles. The number of aromatic nitrogens is 1. The fourth-order valence-corrected chi connectivity index (χ4v) is 0.709. The Morgan fingerprint density at radius 3 is 3.10 bits per heavy atom. The second-order valence-corrected chi connectivity index (χ2v) is 1.89. The molecule has 2 nitrogen and oxygen atoms in total. The van der Waals surface area contributed by atoms with Crippen LogP contribution in [0.4, 0.5) is 10.1 Å². The zero-order chi connectivity index (χ0) is 7.40. The summed E-state index contributed by atoms with van der Waals surface area (Å²) >= 11 is 0. The van der Waals surface area contributed by atoms with E-state index in [4.69, 9.17) is 0 Å². The van der Waals surface area contributed by atoms with E-state index in [1.54, 1.807) is 12.3 Å². The van der Waals surface area contributed by atoms with Gasteiger partial charge in [0.1, 0.15) is 0 Å². The summed E-state index contributed by atoms with van der Waals surface area (Å²) in [6.07, 6.45) is 2.75. The Morgan fingerprint density at radius 1 is 1.70 bits per heavy atom. The van der Waals surface area contributed by atoms with Crippen molar-refractivity contribution in [3.63, 3.8) is 0 Å². The second kappa shape index (κ2) is 3.15. The first-order valence-electron chi connectivity index (χ1n) is 3.18. The highest BCUT2D eigenvalue weighted by molar-refractivity contribution is 5.42. The lowest BCUT2D eigenvalue weighted by atomic mass is 10.4. The average Bonchev–Trinajstić information content (AvgIpc) is 1.94. The van der Waals surface area contributed by atoms with Gasteiger partial charge in [-0.25, -0.2) is 4.39 Å². The van der Waals surface area contributed by atoms with Gasteiger partial charge in [-0.3, -0.25) is 4.98 Å². The van der Waals surface area contributed by atoms with Crippen molar-refractivity contribution in [3.8, 4) is 0 Å². The van der Waals surface area contributed by atoms with Crippen molar-refractivity contribution in [2.24, 2.45) is 0 Å². The molecule has 10 heavy (non-hydrogen) atoms. The number of halogens is 1. The summed E-state index contributed by atoms with van der Waals surface area (Å²) in [5.74, 6) is -0.302. The molecule has 1 rings (SSSR count). The first-order chi connectivity index (χ1) is 4.84.